The molecule has 2 aromatic heterocycles. The van der Waals surface area contributed by atoms with Crippen molar-refractivity contribution in [3.8, 4) is 0 Å². The van der Waals surface area contributed by atoms with E-state index in [0.717, 1.165) is 17.4 Å². The number of hydrogen-bond acceptors (Lipinski definition) is 4. The van der Waals surface area contributed by atoms with Gasteiger partial charge in [0.2, 0.25) is 0 Å². The van der Waals surface area contributed by atoms with Gasteiger partial charge in [0.05, 0.1) is 17.9 Å². The Hall–Kier alpha value is -1.83. The molecule has 2 rings (SSSR count). The standard InChI is InChI=1S/C11H16F2N6/c1-2-3-8(14)9-6-18(17-16-9)7-10-15-4-5-19(10)11(12)13/h4-6,8,11H,2-3,7,14H2,1H3. The summed E-state index contributed by atoms with van der Waals surface area (Å²) in [6, 6.07) is -0.173. The first-order chi connectivity index (χ1) is 9.11. The zero-order valence-corrected chi connectivity index (χ0v) is 10.6. The molecule has 8 heteroatoms. The van der Waals surface area contributed by atoms with Crippen molar-refractivity contribution in [2.24, 2.45) is 5.73 Å². The lowest BCUT2D eigenvalue weighted by Gasteiger charge is -2.06. The van der Waals surface area contributed by atoms with E-state index in [1.807, 2.05) is 6.92 Å². The summed E-state index contributed by atoms with van der Waals surface area (Å²) < 4.78 is 27.6. The zero-order valence-electron chi connectivity index (χ0n) is 10.6. The van der Waals surface area contributed by atoms with Crippen molar-refractivity contribution in [3.05, 3.63) is 30.1 Å². The average molecular weight is 270 g/mol. The first kappa shape index (κ1) is 13.6. The van der Waals surface area contributed by atoms with E-state index in [-0.39, 0.29) is 18.4 Å². The summed E-state index contributed by atoms with van der Waals surface area (Å²) >= 11 is 0. The van der Waals surface area contributed by atoms with Crippen molar-refractivity contribution in [1.82, 2.24) is 24.5 Å². The molecule has 2 N–H and O–H groups in total. The highest BCUT2D eigenvalue weighted by atomic mass is 19.3. The summed E-state index contributed by atoms with van der Waals surface area (Å²) in [5.74, 6) is 0.232. The van der Waals surface area contributed by atoms with Crippen LogP contribution in [0.3, 0.4) is 0 Å². The molecule has 104 valence electrons. The van der Waals surface area contributed by atoms with Gasteiger partial charge in [0.25, 0.3) is 0 Å². The van der Waals surface area contributed by atoms with Crippen molar-refractivity contribution in [1.29, 1.82) is 0 Å². The number of aromatic nitrogens is 5. The molecule has 2 heterocycles. The zero-order chi connectivity index (χ0) is 13.8. The van der Waals surface area contributed by atoms with Crippen LogP contribution in [0, 0.1) is 0 Å². The van der Waals surface area contributed by atoms with Crippen LogP contribution in [-0.4, -0.2) is 24.5 Å². The van der Waals surface area contributed by atoms with Crippen molar-refractivity contribution < 1.29 is 8.78 Å². The minimum Gasteiger partial charge on any atom is -0.323 e. The second kappa shape index (κ2) is 5.87. The molecule has 0 spiro atoms. The minimum absolute atomic E-state index is 0.142. The lowest BCUT2D eigenvalue weighted by molar-refractivity contribution is 0.0665. The van der Waals surface area contributed by atoms with E-state index in [2.05, 4.69) is 15.3 Å². The summed E-state index contributed by atoms with van der Waals surface area (Å²) in [7, 11) is 0. The fourth-order valence-corrected chi connectivity index (χ4v) is 1.81. The van der Waals surface area contributed by atoms with Gasteiger partial charge >= 0.3 is 6.55 Å². The molecule has 0 saturated carbocycles. The van der Waals surface area contributed by atoms with E-state index >= 15 is 0 Å². The summed E-state index contributed by atoms with van der Waals surface area (Å²) in [6.45, 7) is -0.435. The summed E-state index contributed by atoms with van der Waals surface area (Å²) in [6.07, 6.45) is 6.00. The molecule has 19 heavy (non-hydrogen) atoms. The van der Waals surface area contributed by atoms with Crippen molar-refractivity contribution in [2.45, 2.75) is 38.9 Å². The van der Waals surface area contributed by atoms with Crippen LogP contribution in [0.25, 0.3) is 0 Å². The maximum Gasteiger partial charge on any atom is 0.319 e. The van der Waals surface area contributed by atoms with Crippen LogP contribution in [0.5, 0.6) is 0 Å². The molecule has 0 amide bonds. The number of rotatable bonds is 6. The Balaban J connectivity index is 2.09. The lowest BCUT2D eigenvalue weighted by Crippen LogP contribution is -2.10. The van der Waals surface area contributed by atoms with Gasteiger partial charge in [0, 0.05) is 12.4 Å². The Kier molecular flexibility index (Phi) is 4.20. The fraction of sp³-hybridized carbons (Fsp3) is 0.545. The highest BCUT2D eigenvalue weighted by Crippen LogP contribution is 2.15. The quantitative estimate of drug-likeness (QED) is 0.867. The van der Waals surface area contributed by atoms with Gasteiger partial charge < -0.3 is 5.73 Å². The lowest BCUT2D eigenvalue weighted by atomic mass is 10.1. The number of hydrogen-bond donors (Lipinski definition) is 1. The van der Waals surface area contributed by atoms with E-state index in [0.29, 0.717) is 5.69 Å². The molecule has 0 radical (unpaired) electrons. The number of imidazole rings is 1. The van der Waals surface area contributed by atoms with E-state index < -0.39 is 6.55 Å². The number of nitrogens with two attached hydrogens (primary N) is 1. The minimum atomic E-state index is -2.61. The fourth-order valence-electron chi connectivity index (χ4n) is 1.81. The molecule has 0 aliphatic carbocycles. The molecule has 6 nitrogen and oxygen atoms in total. The van der Waals surface area contributed by atoms with Gasteiger partial charge in [-0.15, -0.1) is 5.10 Å². The average Bonchev–Trinajstić information content (AvgIpc) is 2.99. The van der Waals surface area contributed by atoms with Crippen LogP contribution >= 0.6 is 0 Å². The predicted molar refractivity (Wildman–Crippen MR) is 64.4 cm³/mol. The monoisotopic (exact) mass is 270 g/mol. The Morgan fingerprint density at radius 1 is 1.42 bits per heavy atom. The molecule has 2 aromatic rings. The summed E-state index contributed by atoms with van der Waals surface area (Å²) in [4.78, 5) is 3.89. The van der Waals surface area contributed by atoms with Crippen LogP contribution in [0.1, 0.15) is 43.9 Å². The highest BCUT2D eigenvalue weighted by Gasteiger charge is 2.14. The highest BCUT2D eigenvalue weighted by molar-refractivity contribution is 5.01. The Morgan fingerprint density at radius 2 is 2.21 bits per heavy atom. The molecule has 0 aliphatic heterocycles. The number of halogens is 2. The SMILES string of the molecule is CCCC(N)c1cn(Cc2nccn2C(F)F)nn1. The van der Waals surface area contributed by atoms with E-state index in [9.17, 15) is 8.78 Å². The Bertz CT molecular complexity index is 521. The molecule has 1 atom stereocenters. The van der Waals surface area contributed by atoms with E-state index in [4.69, 9.17) is 5.73 Å². The maximum atomic E-state index is 12.7. The third kappa shape index (κ3) is 3.14. The van der Waals surface area contributed by atoms with Gasteiger partial charge in [-0.1, -0.05) is 18.6 Å². The third-order valence-electron chi connectivity index (χ3n) is 2.80. The molecule has 0 bridgehead atoms. The Labute approximate surface area is 109 Å². The smallest absolute Gasteiger partial charge is 0.319 e. The molecule has 0 aromatic carbocycles. The van der Waals surface area contributed by atoms with Crippen molar-refractivity contribution in [3.63, 3.8) is 0 Å². The second-order valence-corrected chi connectivity index (χ2v) is 4.26. The van der Waals surface area contributed by atoms with Crippen LogP contribution in [-0.2, 0) is 6.54 Å². The molecular weight excluding hydrogens is 254 g/mol. The van der Waals surface area contributed by atoms with Crippen LogP contribution in [0.2, 0.25) is 0 Å². The molecule has 0 fully saturated rings. The molecule has 0 aliphatic rings. The molecule has 1 unspecified atom stereocenters. The topological polar surface area (TPSA) is 74.6 Å². The number of alkyl halides is 2. The first-order valence-corrected chi connectivity index (χ1v) is 6.07. The van der Waals surface area contributed by atoms with Gasteiger partial charge in [0.1, 0.15) is 12.4 Å². The van der Waals surface area contributed by atoms with Gasteiger partial charge in [-0.3, -0.25) is 4.57 Å². The van der Waals surface area contributed by atoms with E-state index in [1.54, 1.807) is 6.20 Å². The summed E-state index contributed by atoms with van der Waals surface area (Å²) in [5, 5.41) is 7.84. The normalized spacial score (nSPS) is 13.1. The van der Waals surface area contributed by atoms with Gasteiger partial charge in [-0.05, 0) is 6.42 Å². The molecular formula is C11H16F2N6. The maximum absolute atomic E-state index is 12.7. The number of nitrogens with zero attached hydrogens (tertiary/aromatic N) is 5. The molecule has 0 saturated heterocycles. The van der Waals surface area contributed by atoms with E-state index in [1.165, 1.54) is 17.1 Å². The largest absolute Gasteiger partial charge is 0.323 e. The van der Waals surface area contributed by atoms with Crippen molar-refractivity contribution in [2.75, 3.05) is 0 Å². The predicted octanol–water partition coefficient (Wildman–Crippen LogP) is 1.72. The van der Waals surface area contributed by atoms with Crippen LogP contribution in [0.4, 0.5) is 8.78 Å². The first-order valence-electron chi connectivity index (χ1n) is 6.07. The van der Waals surface area contributed by atoms with Gasteiger partial charge in [-0.2, -0.15) is 8.78 Å². The van der Waals surface area contributed by atoms with Crippen LogP contribution < -0.4 is 5.73 Å². The Morgan fingerprint density at radius 3 is 2.89 bits per heavy atom. The van der Waals surface area contributed by atoms with Crippen molar-refractivity contribution >= 4 is 0 Å². The summed E-state index contributed by atoms with van der Waals surface area (Å²) in [5.41, 5.74) is 6.58. The second-order valence-electron chi connectivity index (χ2n) is 4.26. The van der Waals surface area contributed by atoms with Gasteiger partial charge in [0.15, 0.2) is 0 Å². The third-order valence-corrected chi connectivity index (χ3v) is 2.80. The van der Waals surface area contributed by atoms with Crippen LogP contribution in [0.15, 0.2) is 18.6 Å². The van der Waals surface area contributed by atoms with Gasteiger partial charge in [-0.25, -0.2) is 9.67 Å².